The molecule has 2 saturated heterocycles. The number of halogens is 2. The van der Waals surface area contributed by atoms with E-state index in [0.29, 0.717) is 19.6 Å². The standard InChI is InChI=1S/C19H29N3O3S.2ClH/c1-2-8-22(18-6-7-20-14-18)19(23)17-5-3-4-16(13-17)15-21-9-11-26(24,25)12-10-21;;/h3-5,13,18,20H,2,6-12,14-15H2,1H3;2*1H. The van der Waals surface area contributed by atoms with Crippen LogP contribution in [0, 0.1) is 0 Å². The van der Waals surface area contributed by atoms with E-state index in [4.69, 9.17) is 0 Å². The molecule has 28 heavy (non-hydrogen) atoms. The van der Waals surface area contributed by atoms with E-state index in [-0.39, 0.29) is 48.3 Å². The Morgan fingerprint density at radius 3 is 2.57 bits per heavy atom. The van der Waals surface area contributed by atoms with Crippen LogP contribution in [0.3, 0.4) is 0 Å². The summed E-state index contributed by atoms with van der Waals surface area (Å²) >= 11 is 0. The molecule has 0 aromatic heterocycles. The van der Waals surface area contributed by atoms with Gasteiger partial charge in [0.05, 0.1) is 11.5 Å². The van der Waals surface area contributed by atoms with Crippen molar-refractivity contribution < 1.29 is 13.2 Å². The van der Waals surface area contributed by atoms with Gasteiger partial charge in [-0.3, -0.25) is 9.69 Å². The lowest BCUT2D eigenvalue weighted by Gasteiger charge is -2.29. The van der Waals surface area contributed by atoms with Gasteiger partial charge in [-0.05, 0) is 37.1 Å². The summed E-state index contributed by atoms with van der Waals surface area (Å²) in [6, 6.07) is 8.08. The second-order valence-corrected chi connectivity index (χ2v) is 9.58. The maximum atomic E-state index is 13.1. The number of amides is 1. The summed E-state index contributed by atoms with van der Waals surface area (Å²) in [6.07, 6.45) is 1.96. The average Bonchev–Trinajstić information content (AvgIpc) is 3.15. The SMILES string of the molecule is CCCN(C(=O)c1cccc(CN2CCS(=O)(=O)CC2)c1)C1CCNC1.Cl.Cl. The molecule has 2 fully saturated rings. The van der Waals surface area contributed by atoms with Crippen LogP contribution in [0.2, 0.25) is 0 Å². The molecule has 1 atom stereocenters. The fraction of sp³-hybridized carbons (Fsp3) is 0.632. The molecule has 1 N–H and O–H groups in total. The molecule has 6 nitrogen and oxygen atoms in total. The number of nitrogens with one attached hydrogen (secondary N) is 1. The van der Waals surface area contributed by atoms with Crippen LogP contribution in [0.15, 0.2) is 24.3 Å². The topological polar surface area (TPSA) is 69.7 Å². The van der Waals surface area contributed by atoms with Crippen molar-refractivity contribution in [3.8, 4) is 0 Å². The Balaban J connectivity index is 0.00000196. The normalized spacial score (nSPS) is 21.4. The third-order valence-corrected chi connectivity index (χ3v) is 6.83. The fourth-order valence-electron chi connectivity index (χ4n) is 3.73. The van der Waals surface area contributed by atoms with Gasteiger partial charge in [-0.25, -0.2) is 8.42 Å². The van der Waals surface area contributed by atoms with Crippen LogP contribution in [0.25, 0.3) is 0 Å². The van der Waals surface area contributed by atoms with Gasteiger partial charge >= 0.3 is 0 Å². The molecule has 1 aromatic carbocycles. The molecule has 1 amide bonds. The molecular formula is C19H31Cl2N3O3S. The zero-order valence-electron chi connectivity index (χ0n) is 16.3. The van der Waals surface area contributed by atoms with Gasteiger partial charge in [0.25, 0.3) is 5.91 Å². The van der Waals surface area contributed by atoms with Crippen molar-refractivity contribution in [1.82, 2.24) is 15.1 Å². The Bertz CT molecular complexity index is 726. The first-order valence-electron chi connectivity index (χ1n) is 9.52. The van der Waals surface area contributed by atoms with Crippen LogP contribution in [0.4, 0.5) is 0 Å². The predicted molar refractivity (Wildman–Crippen MR) is 117 cm³/mol. The third kappa shape index (κ3) is 6.59. The van der Waals surface area contributed by atoms with Crippen molar-refractivity contribution in [2.45, 2.75) is 32.4 Å². The summed E-state index contributed by atoms with van der Waals surface area (Å²) in [4.78, 5) is 17.2. The number of nitrogens with zero attached hydrogens (tertiary/aromatic N) is 2. The number of sulfone groups is 1. The van der Waals surface area contributed by atoms with Gasteiger partial charge in [0, 0.05) is 44.3 Å². The zero-order chi connectivity index (χ0) is 18.6. The number of carbonyl (C=O) groups excluding carboxylic acids is 1. The second-order valence-electron chi connectivity index (χ2n) is 7.27. The maximum Gasteiger partial charge on any atom is 0.254 e. The molecule has 1 unspecified atom stereocenters. The van der Waals surface area contributed by atoms with Gasteiger partial charge in [-0.15, -0.1) is 24.8 Å². The lowest BCUT2D eigenvalue weighted by molar-refractivity contribution is 0.0692. The van der Waals surface area contributed by atoms with E-state index in [9.17, 15) is 13.2 Å². The van der Waals surface area contributed by atoms with Crippen LogP contribution in [-0.2, 0) is 16.4 Å². The first-order valence-corrected chi connectivity index (χ1v) is 11.3. The molecular weight excluding hydrogens is 421 g/mol. The third-order valence-electron chi connectivity index (χ3n) is 5.22. The molecule has 0 spiro atoms. The minimum Gasteiger partial charge on any atom is -0.334 e. The fourth-order valence-corrected chi connectivity index (χ4v) is 5.01. The Hall–Kier alpha value is -0.860. The van der Waals surface area contributed by atoms with Crippen LogP contribution >= 0.6 is 24.8 Å². The van der Waals surface area contributed by atoms with Crippen molar-refractivity contribution in [2.24, 2.45) is 0 Å². The molecule has 0 aliphatic carbocycles. The largest absolute Gasteiger partial charge is 0.334 e. The average molecular weight is 452 g/mol. The molecule has 3 rings (SSSR count). The van der Waals surface area contributed by atoms with Crippen LogP contribution in [-0.4, -0.2) is 74.4 Å². The van der Waals surface area contributed by atoms with E-state index in [1.54, 1.807) is 0 Å². The van der Waals surface area contributed by atoms with Crippen molar-refractivity contribution in [3.63, 3.8) is 0 Å². The van der Waals surface area contributed by atoms with Crippen LogP contribution < -0.4 is 5.32 Å². The Labute approximate surface area is 180 Å². The summed E-state index contributed by atoms with van der Waals surface area (Å²) in [7, 11) is -2.86. The highest BCUT2D eigenvalue weighted by molar-refractivity contribution is 7.91. The maximum absolute atomic E-state index is 13.1. The first kappa shape index (κ1) is 25.2. The van der Waals surface area contributed by atoms with E-state index >= 15 is 0 Å². The second kappa shape index (κ2) is 11.4. The Morgan fingerprint density at radius 1 is 1.25 bits per heavy atom. The summed E-state index contributed by atoms with van der Waals surface area (Å²) < 4.78 is 23.1. The van der Waals surface area contributed by atoms with Gasteiger partial charge in [-0.1, -0.05) is 19.1 Å². The molecule has 9 heteroatoms. The quantitative estimate of drug-likeness (QED) is 0.715. The van der Waals surface area contributed by atoms with Gasteiger partial charge < -0.3 is 10.2 Å². The summed E-state index contributed by atoms with van der Waals surface area (Å²) in [5.74, 6) is 0.554. The lowest BCUT2D eigenvalue weighted by atomic mass is 10.1. The molecule has 160 valence electrons. The van der Waals surface area contributed by atoms with E-state index in [1.165, 1.54) is 0 Å². The summed E-state index contributed by atoms with van der Waals surface area (Å²) in [6.45, 7) is 6.54. The van der Waals surface area contributed by atoms with E-state index in [1.807, 2.05) is 29.2 Å². The molecule has 2 heterocycles. The Morgan fingerprint density at radius 2 is 1.96 bits per heavy atom. The van der Waals surface area contributed by atoms with Crippen molar-refractivity contribution in [3.05, 3.63) is 35.4 Å². The summed E-state index contributed by atoms with van der Waals surface area (Å²) in [5, 5.41) is 3.34. The highest BCUT2D eigenvalue weighted by Crippen LogP contribution is 2.17. The number of benzene rings is 1. The number of hydrogen-bond acceptors (Lipinski definition) is 5. The van der Waals surface area contributed by atoms with E-state index in [0.717, 1.165) is 43.6 Å². The minimum atomic E-state index is -2.86. The van der Waals surface area contributed by atoms with Crippen molar-refractivity contribution in [2.75, 3.05) is 44.2 Å². The van der Waals surface area contributed by atoms with E-state index < -0.39 is 9.84 Å². The minimum absolute atomic E-state index is 0. The highest BCUT2D eigenvalue weighted by atomic mass is 35.5. The van der Waals surface area contributed by atoms with E-state index in [2.05, 4.69) is 17.1 Å². The smallest absolute Gasteiger partial charge is 0.254 e. The number of carbonyl (C=O) groups is 1. The lowest BCUT2D eigenvalue weighted by Crippen LogP contribution is -2.42. The van der Waals surface area contributed by atoms with Gasteiger partial charge in [0.2, 0.25) is 0 Å². The molecule has 2 aliphatic rings. The van der Waals surface area contributed by atoms with Gasteiger partial charge in [-0.2, -0.15) is 0 Å². The van der Waals surface area contributed by atoms with Crippen molar-refractivity contribution in [1.29, 1.82) is 0 Å². The molecule has 0 bridgehead atoms. The number of hydrogen-bond donors (Lipinski definition) is 1. The highest BCUT2D eigenvalue weighted by Gasteiger charge is 2.27. The van der Waals surface area contributed by atoms with Gasteiger partial charge in [0.1, 0.15) is 0 Å². The molecule has 0 saturated carbocycles. The number of rotatable bonds is 6. The Kier molecular flexibility index (Phi) is 10.2. The van der Waals surface area contributed by atoms with Crippen LogP contribution in [0.1, 0.15) is 35.7 Å². The van der Waals surface area contributed by atoms with Crippen molar-refractivity contribution >= 4 is 40.6 Å². The molecule has 1 aromatic rings. The predicted octanol–water partition coefficient (Wildman–Crippen LogP) is 1.97. The monoisotopic (exact) mass is 451 g/mol. The molecule has 0 radical (unpaired) electrons. The van der Waals surface area contributed by atoms with Crippen LogP contribution in [0.5, 0.6) is 0 Å². The first-order chi connectivity index (χ1) is 12.5. The zero-order valence-corrected chi connectivity index (χ0v) is 18.8. The molecule has 2 aliphatic heterocycles. The van der Waals surface area contributed by atoms with Gasteiger partial charge in [0.15, 0.2) is 9.84 Å². The summed E-state index contributed by atoms with van der Waals surface area (Å²) in [5.41, 5.74) is 1.80.